The molecule has 7 aromatic rings. The summed E-state index contributed by atoms with van der Waals surface area (Å²) in [5.41, 5.74) is 4.27. The molecule has 0 bridgehead atoms. The highest BCUT2D eigenvalue weighted by Gasteiger charge is 2.48. The minimum Gasteiger partial charge on any atom is -0.0620 e. The van der Waals surface area contributed by atoms with Gasteiger partial charge in [0.15, 0.2) is 0 Å². The van der Waals surface area contributed by atoms with Crippen molar-refractivity contribution in [2.24, 2.45) is 0 Å². The minimum atomic E-state index is -2.04. The van der Waals surface area contributed by atoms with Gasteiger partial charge in [-0.3, -0.25) is 0 Å². The molecule has 0 aliphatic heterocycles. The first-order chi connectivity index (χ1) is 23.2. The maximum atomic E-state index is 2.38. The van der Waals surface area contributed by atoms with Crippen LogP contribution in [-0.4, -0.2) is 0 Å². The van der Waals surface area contributed by atoms with Crippen LogP contribution in [0.5, 0.6) is 0 Å². The summed E-state index contributed by atoms with van der Waals surface area (Å²) in [6.07, 6.45) is 1.94. The molecule has 47 heavy (non-hydrogen) atoms. The molecule has 0 saturated heterocycles. The summed E-state index contributed by atoms with van der Waals surface area (Å²) >= 11 is 0. The van der Waals surface area contributed by atoms with Crippen molar-refractivity contribution in [1.29, 1.82) is 0 Å². The van der Waals surface area contributed by atoms with Crippen LogP contribution in [0.25, 0.3) is 0 Å². The second-order valence-electron chi connectivity index (χ2n) is 12.2. The molecule has 0 saturated carbocycles. The van der Waals surface area contributed by atoms with Gasteiger partial charge in [0.05, 0.1) is 12.3 Å². The SMILES string of the molecule is Cc1c(C[P+](c2ccccc2)(c2ccccc2)c2ccccc2)cccc1C[P+](c1ccccc1)(c1ccccc1)c1ccccc1. The van der Waals surface area contributed by atoms with E-state index in [9.17, 15) is 0 Å². The predicted molar refractivity (Wildman–Crippen MR) is 209 cm³/mol. The van der Waals surface area contributed by atoms with Crippen LogP contribution in [-0.2, 0) is 12.3 Å². The molecule has 0 spiro atoms. The van der Waals surface area contributed by atoms with Crippen LogP contribution in [0.15, 0.2) is 200 Å². The molecule has 0 heterocycles. The summed E-state index contributed by atoms with van der Waals surface area (Å²) in [4.78, 5) is 0. The Hall–Kier alpha value is -4.60. The highest BCUT2D eigenvalue weighted by molar-refractivity contribution is 7.95. The van der Waals surface area contributed by atoms with Crippen LogP contribution in [0.2, 0.25) is 0 Å². The number of benzene rings is 7. The van der Waals surface area contributed by atoms with Crippen LogP contribution in [0.3, 0.4) is 0 Å². The third-order valence-corrected chi connectivity index (χ3v) is 18.3. The van der Waals surface area contributed by atoms with Gasteiger partial charge < -0.3 is 0 Å². The molecule has 0 atom stereocenters. The van der Waals surface area contributed by atoms with Gasteiger partial charge in [0.1, 0.15) is 46.4 Å². The van der Waals surface area contributed by atoms with Gasteiger partial charge in [0.25, 0.3) is 0 Å². The average Bonchev–Trinajstić information content (AvgIpc) is 3.16. The zero-order valence-electron chi connectivity index (χ0n) is 26.9. The van der Waals surface area contributed by atoms with Crippen LogP contribution in [0, 0.1) is 6.92 Å². The Kier molecular flexibility index (Phi) is 9.26. The van der Waals surface area contributed by atoms with E-state index >= 15 is 0 Å². The second-order valence-corrected chi connectivity index (χ2v) is 19.1. The van der Waals surface area contributed by atoms with Crippen LogP contribution in [0.4, 0.5) is 0 Å². The summed E-state index contributed by atoms with van der Waals surface area (Å²) in [7, 11) is -4.08. The summed E-state index contributed by atoms with van der Waals surface area (Å²) in [6.45, 7) is 2.37. The van der Waals surface area contributed by atoms with Crippen molar-refractivity contribution < 1.29 is 0 Å². The second kappa shape index (κ2) is 14.0. The van der Waals surface area contributed by atoms with Gasteiger partial charge in [-0.15, -0.1) is 0 Å². The highest BCUT2D eigenvalue weighted by atomic mass is 31.2. The number of hydrogen-bond donors (Lipinski definition) is 0. The van der Waals surface area contributed by atoms with Gasteiger partial charge in [-0.1, -0.05) is 127 Å². The highest BCUT2D eigenvalue weighted by Crippen LogP contribution is 2.60. The standard InChI is InChI=1S/C45H40P2/c1-37-38(35-46(40-23-8-2-9-24-40,41-25-10-3-11-26-41)42-27-12-4-13-28-42)21-20-22-39(37)36-47(43-29-14-5-15-30-43,44-31-16-6-17-32-44)45-33-18-7-19-34-45/h2-34H,35-36H2,1H3/q+2. The molecule has 0 aliphatic rings. The first-order valence-corrected chi connectivity index (χ1v) is 20.3. The van der Waals surface area contributed by atoms with E-state index in [0.717, 1.165) is 12.3 Å². The molecule has 0 aromatic heterocycles. The quantitative estimate of drug-likeness (QED) is 0.131. The van der Waals surface area contributed by atoms with E-state index < -0.39 is 14.5 Å². The van der Waals surface area contributed by atoms with Crippen molar-refractivity contribution in [3.05, 3.63) is 217 Å². The van der Waals surface area contributed by atoms with Crippen LogP contribution in [0.1, 0.15) is 16.7 Å². The van der Waals surface area contributed by atoms with E-state index in [0.29, 0.717) is 0 Å². The van der Waals surface area contributed by atoms with Gasteiger partial charge in [0.2, 0.25) is 0 Å². The number of hydrogen-bond acceptors (Lipinski definition) is 0. The molecular weight excluding hydrogens is 602 g/mol. The molecule has 0 fully saturated rings. The van der Waals surface area contributed by atoms with Crippen molar-refractivity contribution in [2.75, 3.05) is 0 Å². The zero-order chi connectivity index (χ0) is 31.9. The summed E-state index contributed by atoms with van der Waals surface area (Å²) < 4.78 is 0. The normalized spacial score (nSPS) is 11.7. The molecule has 0 nitrogen and oxygen atoms in total. The molecule has 0 aliphatic carbocycles. The van der Waals surface area contributed by atoms with E-state index in [1.807, 2.05) is 0 Å². The third-order valence-electron chi connectivity index (χ3n) is 9.55. The first kappa shape index (κ1) is 31.0. The molecular formula is C45H40P2+2. The van der Waals surface area contributed by atoms with Crippen molar-refractivity contribution in [3.63, 3.8) is 0 Å². The molecule has 2 heteroatoms. The van der Waals surface area contributed by atoms with Crippen molar-refractivity contribution >= 4 is 46.4 Å². The van der Waals surface area contributed by atoms with Crippen LogP contribution >= 0.6 is 14.5 Å². The maximum Gasteiger partial charge on any atom is 0.116 e. The van der Waals surface area contributed by atoms with Gasteiger partial charge in [-0.05, 0) is 96.4 Å². The fourth-order valence-corrected chi connectivity index (χ4v) is 15.8. The summed E-state index contributed by atoms with van der Waals surface area (Å²) in [6, 6.07) is 74.6. The molecule has 228 valence electrons. The maximum absolute atomic E-state index is 2.38. The lowest BCUT2D eigenvalue weighted by Gasteiger charge is -2.30. The number of rotatable bonds is 10. The van der Waals surface area contributed by atoms with Gasteiger partial charge in [-0.25, -0.2) is 0 Å². The Bertz CT molecular complexity index is 1670. The molecule has 0 unspecified atom stereocenters. The van der Waals surface area contributed by atoms with Gasteiger partial charge >= 0.3 is 0 Å². The summed E-state index contributed by atoms with van der Waals surface area (Å²) in [5, 5.41) is 8.51. The summed E-state index contributed by atoms with van der Waals surface area (Å²) in [5.74, 6) is 0. The van der Waals surface area contributed by atoms with E-state index in [4.69, 9.17) is 0 Å². The van der Waals surface area contributed by atoms with E-state index in [-0.39, 0.29) is 0 Å². The lowest BCUT2D eigenvalue weighted by Crippen LogP contribution is -2.33. The van der Waals surface area contributed by atoms with E-state index in [2.05, 4.69) is 207 Å². The van der Waals surface area contributed by atoms with Crippen molar-refractivity contribution in [2.45, 2.75) is 19.2 Å². The fourth-order valence-electron chi connectivity index (χ4n) is 7.13. The zero-order valence-corrected chi connectivity index (χ0v) is 28.7. The first-order valence-electron chi connectivity index (χ1n) is 16.4. The predicted octanol–water partition coefficient (Wildman–Crippen LogP) is 8.98. The molecule has 0 N–H and O–H groups in total. The van der Waals surface area contributed by atoms with Crippen molar-refractivity contribution in [3.8, 4) is 0 Å². The Morgan fingerprint density at radius 3 is 0.702 bits per heavy atom. The third kappa shape index (κ3) is 6.01. The molecule has 7 rings (SSSR count). The Morgan fingerprint density at radius 1 is 0.277 bits per heavy atom. The van der Waals surface area contributed by atoms with E-state index in [1.54, 1.807) is 0 Å². The average molecular weight is 643 g/mol. The Labute approximate surface area is 281 Å². The monoisotopic (exact) mass is 642 g/mol. The topological polar surface area (TPSA) is 0 Å². The van der Waals surface area contributed by atoms with Gasteiger partial charge in [-0.2, -0.15) is 0 Å². The Morgan fingerprint density at radius 2 is 0.489 bits per heavy atom. The lowest BCUT2D eigenvalue weighted by atomic mass is 10.1. The molecule has 7 aromatic carbocycles. The van der Waals surface area contributed by atoms with E-state index in [1.165, 1.54) is 48.5 Å². The largest absolute Gasteiger partial charge is 0.116 e. The smallest absolute Gasteiger partial charge is 0.0620 e. The van der Waals surface area contributed by atoms with Crippen LogP contribution < -0.4 is 31.8 Å². The molecule has 0 radical (unpaired) electrons. The molecule has 0 amide bonds. The Balaban J connectivity index is 1.43. The van der Waals surface area contributed by atoms with Crippen molar-refractivity contribution in [1.82, 2.24) is 0 Å². The minimum absolute atomic E-state index is 0.970. The lowest BCUT2D eigenvalue weighted by molar-refractivity contribution is 1.21. The fraction of sp³-hybridized carbons (Fsp3) is 0.0667. The van der Waals surface area contributed by atoms with Gasteiger partial charge in [0, 0.05) is 0 Å².